The summed E-state index contributed by atoms with van der Waals surface area (Å²) in [5.74, 6) is 3.22. The number of nitrogens with zero attached hydrogens (tertiary/aromatic N) is 11. The van der Waals surface area contributed by atoms with Crippen molar-refractivity contribution in [3.63, 3.8) is 0 Å². The van der Waals surface area contributed by atoms with Crippen molar-refractivity contribution in [3.8, 4) is 34.2 Å². The first-order valence-electron chi connectivity index (χ1n) is 27.5. The molecule has 414 valence electrons. The molecule has 2 saturated carbocycles. The number of pyridine rings is 6. The highest BCUT2D eigenvalue weighted by molar-refractivity contribution is 5.92. The predicted molar refractivity (Wildman–Crippen MR) is 299 cm³/mol. The van der Waals surface area contributed by atoms with E-state index >= 15 is 0 Å². The molecule has 5 fully saturated rings. The van der Waals surface area contributed by atoms with Crippen LogP contribution in [0.25, 0.3) is 67.3 Å². The molecule has 22 heteroatoms. The molecule has 9 aromatic heterocycles. The van der Waals surface area contributed by atoms with Gasteiger partial charge in [0.05, 0.1) is 40.5 Å². The number of hydrogen-bond donors (Lipinski definition) is 7. The molecule has 18 nitrogen and oxygen atoms in total. The fourth-order valence-corrected chi connectivity index (χ4v) is 11.2. The van der Waals surface area contributed by atoms with E-state index < -0.39 is 17.8 Å². The number of piperidine rings is 1. The number of alkyl halides is 3. The quantitative estimate of drug-likeness (QED) is 0.0600. The summed E-state index contributed by atoms with van der Waals surface area (Å²) >= 11 is 0. The number of anilines is 2. The van der Waals surface area contributed by atoms with Gasteiger partial charge in [0.15, 0.2) is 22.8 Å². The summed E-state index contributed by atoms with van der Waals surface area (Å²) in [7, 11) is 0. The highest BCUT2D eigenvalue weighted by atomic mass is 19.4. The molecule has 5 aliphatic rings. The van der Waals surface area contributed by atoms with Gasteiger partial charge < -0.3 is 30.9 Å². The summed E-state index contributed by atoms with van der Waals surface area (Å²) < 4.78 is 55.7. The number of H-pyrrole nitrogens is 3. The summed E-state index contributed by atoms with van der Waals surface area (Å²) in [6.45, 7) is 7.85. The standard InChI is InChI=1S/C21H22F3N5.C19H21FN6.C17H20N6O.2H2/c22-21(23,24)16-5-6-17(13-7-9-25-14(11-13)10-12-3-4-12)27-19(16)18-15-2-1-8-26-20(15)29-28-18;20-15-5-6-16(26-9-8-21-13(11-26)10-12-3-4-12)23-18(15)17-14-2-1-7-22-19(14)25-24-17;1-11(24)14-10-23(9-8-18-14)15-6-2-5-13(20-15)16-12-4-3-7-19-17(12)22-21-16;;/h1-2,5-6,8,12-14,25H,3-4,7,9-11H2,(H,26,28,29);1-2,5-7,12-13,21H,3-4,8-11H2,(H,22,24,25);2-7,11,14,18,24H,8-10H2,1H3,(H,19,21,22);2*1H/t13?,14-;13-;;;/m00.../s1. The molecule has 0 bridgehead atoms. The first-order chi connectivity index (χ1) is 38.5. The average Bonchev–Trinajstić information content (AvgIpc) is 4.44. The molecule has 0 amide bonds. The second-order valence-corrected chi connectivity index (χ2v) is 21.5. The van der Waals surface area contributed by atoms with Gasteiger partial charge in [-0.05, 0) is 124 Å². The van der Waals surface area contributed by atoms with E-state index in [1.165, 1.54) is 44.2 Å². The zero-order chi connectivity index (χ0) is 54.0. The van der Waals surface area contributed by atoms with Crippen LogP contribution in [0.5, 0.6) is 0 Å². The van der Waals surface area contributed by atoms with Gasteiger partial charge in [-0.15, -0.1) is 0 Å². The Morgan fingerprint density at radius 2 is 1.19 bits per heavy atom. The van der Waals surface area contributed by atoms with Gasteiger partial charge in [0, 0.05) is 101 Å². The topological polar surface area (TPSA) is 226 Å². The summed E-state index contributed by atoms with van der Waals surface area (Å²) in [5, 5.41) is 43.7. The van der Waals surface area contributed by atoms with Crippen LogP contribution in [0.15, 0.2) is 97.5 Å². The van der Waals surface area contributed by atoms with Gasteiger partial charge in [-0.3, -0.25) is 20.3 Å². The van der Waals surface area contributed by atoms with Gasteiger partial charge >= 0.3 is 6.18 Å². The summed E-state index contributed by atoms with van der Waals surface area (Å²) in [6.07, 6.45) is 9.57. The Kier molecular flexibility index (Phi) is 15.0. The molecular weight excluding hydrogens is 1010 g/mol. The lowest BCUT2D eigenvalue weighted by molar-refractivity contribution is -0.137. The molecule has 0 radical (unpaired) electrons. The third-order valence-corrected chi connectivity index (χ3v) is 15.7. The highest BCUT2D eigenvalue weighted by Crippen LogP contribution is 2.41. The number of aliphatic hydroxyl groups excluding tert-OH is 1. The number of halogens is 4. The Balaban J connectivity index is 0.000000135. The minimum atomic E-state index is -4.50. The zero-order valence-corrected chi connectivity index (χ0v) is 43.8. The zero-order valence-electron chi connectivity index (χ0n) is 43.8. The molecule has 14 rings (SSSR count). The molecule has 12 heterocycles. The molecule has 5 atom stereocenters. The van der Waals surface area contributed by atoms with E-state index in [4.69, 9.17) is 4.98 Å². The minimum Gasteiger partial charge on any atom is -0.392 e. The normalized spacial score (nSPS) is 21.1. The van der Waals surface area contributed by atoms with Crippen LogP contribution in [-0.4, -0.2) is 136 Å². The molecule has 3 unspecified atom stereocenters. The smallest absolute Gasteiger partial charge is 0.392 e. The number of fused-ring (bicyclic) bond motifs is 3. The summed E-state index contributed by atoms with van der Waals surface area (Å²) in [6, 6.07) is 23.9. The summed E-state index contributed by atoms with van der Waals surface area (Å²) in [5.41, 5.74) is 4.39. The van der Waals surface area contributed by atoms with Crippen LogP contribution in [0.2, 0.25) is 0 Å². The Hall–Kier alpha value is -7.53. The second kappa shape index (κ2) is 22.7. The SMILES string of the molecule is CC(O)C1CN(c2cccc(-c3[nH]nc4ncccc34)n2)CCN1.FC(F)(F)c1ccc(C2CCN[C@@H](CC3CC3)C2)nc1-c1[nH]nc2ncccc12.Fc1ccc(N2CCN[C@@H](CC3CC3)C2)nc1-c1[nH]nc2ncccc12.[HH].[HH]. The van der Waals surface area contributed by atoms with Crippen LogP contribution in [0, 0.1) is 17.7 Å². The van der Waals surface area contributed by atoms with Crippen molar-refractivity contribution in [1.29, 1.82) is 0 Å². The number of hydrogen-bond acceptors (Lipinski definition) is 15. The number of aromatic amines is 3. The van der Waals surface area contributed by atoms with Crippen LogP contribution >= 0.6 is 0 Å². The van der Waals surface area contributed by atoms with Gasteiger partial charge in [0.1, 0.15) is 23.0 Å². The fraction of sp³-hybridized carbons (Fsp3) is 0.421. The molecular formula is C57H67F4N17O. The number of rotatable bonds is 11. The van der Waals surface area contributed by atoms with E-state index in [9.17, 15) is 22.7 Å². The van der Waals surface area contributed by atoms with Crippen molar-refractivity contribution in [3.05, 3.63) is 115 Å². The van der Waals surface area contributed by atoms with Crippen LogP contribution in [0.1, 0.15) is 78.3 Å². The lowest BCUT2D eigenvalue weighted by atomic mass is 9.87. The van der Waals surface area contributed by atoms with Crippen molar-refractivity contribution in [2.75, 3.05) is 55.6 Å². The molecule has 9 aromatic rings. The monoisotopic (exact) mass is 1080 g/mol. The van der Waals surface area contributed by atoms with Gasteiger partial charge in [-0.25, -0.2) is 29.3 Å². The number of piperazine rings is 2. The lowest BCUT2D eigenvalue weighted by Crippen LogP contribution is -2.55. The molecule has 0 aromatic carbocycles. The molecule has 79 heavy (non-hydrogen) atoms. The second-order valence-electron chi connectivity index (χ2n) is 21.5. The van der Waals surface area contributed by atoms with Gasteiger partial charge in [0.2, 0.25) is 0 Å². The van der Waals surface area contributed by atoms with E-state index in [1.54, 1.807) is 42.9 Å². The maximum atomic E-state index is 14.5. The van der Waals surface area contributed by atoms with Gasteiger partial charge in [-0.2, -0.15) is 28.5 Å². The summed E-state index contributed by atoms with van der Waals surface area (Å²) in [4.78, 5) is 31.0. The Bertz CT molecular complexity index is 3550. The van der Waals surface area contributed by atoms with E-state index in [-0.39, 0.29) is 32.0 Å². The molecule has 0 spiro atoms. The third kappa shape index (κ3) is 11.9. The van der Waals surface area contributed by atoms with Gasteiger partial charge in [0.25, 0.3) is 0 Å². The minimum absolute atomic E-state index is 0. The number of aliphatic hydroxyl groups is 1. The van der Waals surface area contributed by atoms with Crippen molar-refractivity contribution in [2.24, 2.45) is 11.8 Å². The maximum absolute atomic E-state index is 14.5. The number of aromatic nitrogens is 12. The van der Waals surface area contributed by atoms with E-state index in [0.717, 1.165) is 116 Å². The van der Waals surface area contributed by atoms with Crippen molar-refractivity contribution < 1.29 is 25.5 Å². The first kappa shape index (κ1) is 52.2. The van der Waals surface area contributed by atoms with Crippen LogP contribution < -0.4 is 25.8 Å². The first-order valence-corrected chi connectivity index (χ1v) is 27.5. The largest absolute Gasteiger partial charge is 0.418 e. The highest BCUT2D eigenvalue weighted by Gasteiger charge is 2.37. The Morgan fingerprint density at radius 1 is 0.608 bits per heavy atom. The third-order valence-electron chi connectivity index (χ3n) is 15.7. The van der Waals surface area contributed by atoms with E-state index in [0.29, 0.717) is 45.8 Å². The van der Waals surface area contributed by atoms with E-state index in [2.05, 4.69) is 81.3 Å². The van der Waals surface area contributed by atoms with Crippen molar-refractivity contribution in [1.82, 2.24) is 76.4 Å². The maximum Gasteiger partial charge on any atom is 0.418 e. The van der Waals surface area contributed by atoms with Crippen molar-refractivity contribution >= 4 is 44.7 Å². The van der Waals surface area contributed by atoms with E-state index in [1.807, 2.05) is 49.4 Å². The Morgan fingerprint density at radius 3 is 1.84 bits per heavy atom. The average molecular weight is 1080 g/mol. The molecule has 7 N–H and O–H groups in total. The number of nitrogens with one attached hydrogen (secondary N) is 6. The lowest BCUT2D eigenvalue weighted by Gasteiger charge is -2.35. The molecule has 3 saturated heterocycles. The van der Waals surface area contributed by atoms with Crippen molar-refractivity contribution in [2.45, 2.75) is 94.6 Å². The van der Waals surface area contributed by atoms with Gasteiger partial charge in [-0.1, -0.05) is 31.7 Å². The fourth-order valence-electron chi connectivity index (χ4n) is 11.2. The van der Waals surface area contributed by atoms with Crippen LogP contribution in [0.3, 0.4) is 0 Å². The molecule has 3 aliphatic heterocycles. The van der Waals surface area contributed by atoms with Crippen LogP contribution in [0.4, 0.5) is 29.2 Å². The Labute approximate surface area is 456 Å². The predicted octanol–water partition coefficient (Wildman–Crippen LogP) is 9.08. The molecule has 2 aliphatic carbocycles. The van der Waals surface area contributed by atoms with Crippen LogP contribution in [-0.2, 0) is 6.18 Å².